The van der Waals surface area contributed by atoms with Crippen LogP contribution in [0.3, 0.4) is 0 Å². The minimum Gasteiger partial charge on any atom is -0.507 e. The van der Waals surface area contributed by atoms with Gasteiger partial charge < -0.3 is 14.6 Å². The number of pyridine rings is 1. The van der Waals surface area contributed by atoms with E-state index in [0.717, 1.165) is 5.56 Å². The summed E-state index contributed by atoms with van der Waals surface area (Å²) < 4.78 is 16.0. The quantitative estimate of drug-likeness (QED) is 0.611. The summed E-state index contributed by atoms with van der Waals surface area (Å²) in [6.45, 7) is 6.59. The first-order valence-electron chi connectivity index (χ1n) is 10.8. The third kappa shape index (κ3) is 4.12. The Morgan fingerprint density at radius 2 is 1.72 bits per heavy atom. The number of aromatic hydroxyl groups is 1. The molecule has 3 aromatic rings. The topological polar surface area (TPSA) is 48.7 Å². The van der Waals surface area contributed by atoms with Crippen molar-refractivity contribution < 1.29 is 9.50 Å². The molecular formula is C25H27ClFN3O2. The van der Waals surface area contributed by atoms with Crippen LogP contribution in [0.25, 0.3) is 0 Å². The summed E-state index contributed by atoms with van der Waals surface area (Å²) in [6.07, 6.45) is 0. The molecule has 7 heteroatoms. The molecule has 0 spiro atoms. The summed E-state index contributed by atoms with van der Waals surface area (Å²) >= 11 is 6.57. The number of aryl methyl sites for hydroxylation is 1. The van der Waals surface area contributed by atoms with Gasteiger partial charge in [-0.2, -0.15) is 0 Å². The molecule has 5 nitrogen and oxygen atoms in total. The summed E-state index contributed by atoms with van der Waals surface area (Å²) in [7, 11) is 0. The minimum atomic E-state index is -0.502. The van der Waals surface area contributed by atoms with E-state index in [-0.39, 0.29) is 17.1 Å². The van der Waals surface area contributed by atoms with Gasteiger partial charge in [-0.3, -0.25) is 9.69 Å². The van der Waals surface area contributed by atoms with Crippen molar-refractivity contribution in [3.8, 4) is 5.75 Å². The lowest BCUT2D eigenvalue weighted by atomic mass is 9.95. The molecule has 0 unspecified atom stereocenters. The molecule has 1 saturated heterocycles. The highest BCUT2D eigenvalue weighted by Crippen LogP contribution is 2.37. The van der Waals surface area contributed by atoms with Gasteiger partial charge in [-0.1, -0.05) is 41.9 Å². The van der Waals surface area contributed by atoms with Crippen LogP contribution in [0.15, 0.2) is 59.4 Å². The molecule has 2 heterocycles. The maximum atomic E-state index is 14.3. The molecule has 1 fully saturated rings. The van der Waals surface area contributed by atoms with Crippen molar-refractivity contribution in [1.82, 2.24) is 9.47 Å². The van der Waals surface area contributed by atoms with Crippen LogP contribution >= 0.6 is 11.6 Å². The molecule has 0 saturated carbocycles. The minimum absolute atomic E-state index is 0.0290. The number of piperazine rings is 1. The van der Waals surface area contributed by atoms with Crippen molar-refractivity contribution in [2.24, 2.45) is 0 Å². The highest BCUT2D eigenvalue weighted by atomic mass is 35.5. The molecule has 0 aliphatic carbocycles. The number of para-hydroxylation sites is 1. The summed E-state index contributed by atoms with van der Waals surface area (Å²) in [5.41, 5.74) is 2.16. The Kier molecular flexibility index (Phi) is 6.53. The van der Waals surface area contributed by atoms with E-state index in [2.05, 4.69) is 4.90 Å². The van der Waals surface area contributed by atoms with Gasteiger partial charge in [0.2, 0.25) is 0 Å². The predicted molar refractivity (Wildman–Crippen MR) is 126 cm³/mol. The smallest absolute Gasteiger partial charge is 0.259 e. The van der Waals surface area contributed by atoms with Gasteiger partial charge in [0.05, 0.1) is 17.3 Å². The molecule has 1 aromatic heterocycles. The third-order valence-electron chi connectivity index (χ3n) is 6.18. The van der Waals surface area contributed by atoms with Crippen LogP contribution in [0.4, 0.5) is 10.1 Å². The molecule has 1 N–H and O–H groups in total. The van der Waals surface area contributed by atoms with Crippen molar-refractivity contribution in [2.45, 2.75) is 26.4 Å². The fraction of sp³-hybridized carbons (Fsp3) is 0.320. The van der Waals surface area contributed by atoms with Gasteiger partial charge in [0.25, 0.3) is 5.56 Å². The average Bonchev–Trinajstić information content (AvgIpc) is 2.78. The average molecular weight is 456 g/mol. The summed E-state index contributed by atoms with van der Waals surface area (Å²) in [4.78, 5) is 17.6. The highest BCUT2D eigenvalue weighted by Gasteiger charge is 2.32. The summed E-state index contributed by atoms with van der Waals surface area (Å²) in [5.74, 6) is -0.274. The van der Waals surface area contributed by atoms with E-state index in [0.29, 0.717) is 54.7 Å². The Bertz CT molecular complexity index is 1170. The Hall–Kier alpha value is -2.83. The number of hydrogen-bond acceptors (Lipinski definition) is 4. The molecule has 32 heavy (non-hydrogen) atoms. The number of halogens is 2. The monoisotopic (exact) mass is 455 g/mol. The van der Waals surface area contributed by atoms with Crippen molar-refractivity contribution in [3.63, 3.8) is 0 Å². The molecule has 168 valence electrons. The first-order chi connectivity index (χ1) is 15.4. The Labute approximate surface area is 192 Å². The molecule has 1 aliphatic heterocycles. The van der Waals surface area contributed by atoms with Gasteiger partial charge in [0, 0.05) is 43.4 Å². The van der Waals surface area contributed by atoms with Crippen LogP contribution in [-0.4, -0.2) is 40.8 Å². The van der Waals surface area contributed by atoms with E-state index < -0.39 is 6.04 Å². The van der Waals surface area contributed by atoms with Crippen LogP contribution in [0.5, 0.6) is 5.75 Å². The van der Waals surface area contributed by atoms with E-state index in [1.165, 1.54) is 6.07 Å². The van der Waals surface area contributed by atoms with Gasteiger partial charge in [-0.05, 0) is 43.7 Å². The second-order valence-electron chi connectivity index (χ2n) is 8.03. The van der Waals surface area contributed by atoms with Crippen LogP contribution < -0.4 is 10.5 Å². The van der Waals surface area contributed by atoms with Gasteiger partial charge >= 0.3 is 0 Å². The third-order valence-corrected chi connectivity index (χ3v) is 6.53. The fourth-order valence-electron chi connectivity index (χ4n) is 4.58. The Balaban J connectivity index is 1.74. The summed E-state index contributed by atoms with van der Waals surface area (Å²) in [5, 5.41) is 11.4. The zero-order valence-corrected chi connectivity index (χ0v) is 19.0. The lowest BCUT2D eigenvalue weighted by Crippen LogP contribution is -2.49. The molecular weight excluding hydrogens is 429 g/mol. The van der Waals surface area contributed by atoms with Gasteiger partial charge in [0.15, 0.2) is 0 Å². The van der Waals surface area contributed by atoms with E-state index >= 15 is 0 Å². The number of rotatable bonds is 5. The molecule has 0 amide bonds. The Morgan fingerprint density at radius 1 is 1.06 bits per heavy atom. The highest BCUT2D eigenvalue weighted by molar-refractivity contribution is 6.31. The van der Waals surface area contributed by atoms with Gasteiger partial charge in [0.1, 0.15) is 11.6 Å². The van der Waals surface area contributed by atoms with Crippen molar-refractivity contribution in [1.29, 1.82) is 0 Å². The zero-order chi connectivity index (χ0) is 22.8. The second-order valence-corrected chi connectivity index (χ2v) is 8.44. The molecule has 0 radical (unpaired) electrons. The maximum Gasteiger partial charge on any atom is 0.259 e. The Morgan fingerprint density at radius 3 is 2.38 bits per heavy atom. The van der Waals surface area contributed by atoms with E-state index in [1.807, 2.05) is 43.0 Å². The van der Waals surface area contributed by atoms with E-state index in [1.54, 1.807) is 28.8 Å². The van der Waals surface area contributed by atoms with Crippen molar-refractivity contribution >= 4 is 17.3 Å². The predicted octanol–water partition coefficient (Wildman–Crippen LogP) is 4.59. The number of hydrogen-bond donors (Lipinski definition) is 1. The maximum absolute atomic E-state index is 14.3. The molecule has 1 aliphatic rings. The van der Waals surface area contributed by atoms with Gasteiger partial charge in [-0.15, -0.1) is 0 Å². The molecule has 4 rings (SSSR count). The van der Waals surface area contributed by atoms with Crippen molar-refractivity contribution in [3.05, 3.63) is 92.6 Å². The lowest BCUT2D eigenvalue weighted by Gasteiger charge is -2.40. The number of aromatic nitrogens is 1. The van der Waals surface area contributed by atoms with Crippen molar-refractivity contribution in [2.75, 3.05) is 31.1 Å². The number of anilines is 1. The van der Waals surface area contributed by atoms with Crippen LogP contribution in [0, 0.1) is 12.7 Å². The number of nitrogens with zero attached hydrogens (tertiary/aromatic N) is 3. The first-order valence-corrected chi connectivity index (χ1v) is 11.2. The van der Waals surface area contributed by atoms with E-state index in [4.69, 9.17) is 11.6 Å². The van der Waals surface area contributed by atoms with Gasteiger partial charge in [-0.25, -0.2) is 4.39 Å². The second kappa shape index (κ2) is 9.35. The molecule has 0 bridgehead atoms. The summed E-state index contributed by atoms with van der Waals surface area (Å²) in [6, 6.07) is 15.3. The molecule has 1 atom stereocenters. The molecule has 2 aromatic carbocycles. The van der Waals surface area contributed by atoms with E-state index in [9.17, 15) is 14.3 Å². The normalized spacial score (nSPS) is 15.7. The first kappa shape index (κ1) is 22.4. The standard InChI is InChI=1S/C25H27ClFN3O2/c1-3-30-17(2)16-22(31)23(25(30)32)24(18-8-4-5-9-19(18)26)29-14-12-28(13-15-29)21-11-7-6-10-20(21)27/h4-11,16,24,31H,3,12-15H2,1-2H3/t24-/m1/s1. The number of benzene rings is 2. The van der Waals surface area contributed by atoms with Crippen LogP contribution in [-0.2, 0) is 6.54 Å². The SMILES string of the molecule is CCn1c(C)cc(O)c([C@@H](c2ccccc2Cl)N2CCN(c3ccccc3F)CC2)c1=O. The lowest BCUT2D eigenvalue weighted by molar-refractivity contribution is 0.207. The van der Waals surface area contributed by atoms with Crippen LogP contribution in [0.2, 0.25) is 5.02 Å². The van der Waals surface area contributed by atoms with Crippen LogP contribution in [0.1, 0.15) is 29.8 Å². The zero-order valence-electron chi connectivity index (χ0n) is 18.3. The fourth-order valence-corrected chi connectivity index (χ4v) is 4.82. The largest absolute Gasteiger partial charge is 0.507 e.